The second kappa shape index (κ2) is 8.02. The Labute approximate surface area is 128 Å². The number of benzene rings is 2. The second-order valence-electron chi connectivity index (χ2n) is 4.65. The molecule has 0 amide bonds. The highest BCUT2D eigenvalue weighted by molar-refractivity contribution is 5.67. The fraction of sp³-hybridized carbons (Fsp3) is 0.235. The van der Waals surface area contributed by atoms with E-state index in [1.807, 2.05) is 18.2 Å². The second-order valence-corrected chi connectivity index (χ2v) is 4.65. The number of para-hydroxylation sites is 1. The molecule has 0 fully saturated rings. The molecule has 116 valence electrons. The zero-order valence-corrected chi connectivity index (χ0v) is 12.0. The Morgan fingerprint density at radius 1 is 1.00 bits per heavy atom. The summed E-state index contributed by atoms with van der Waals surface area (Å²) < 4.78 is 23.8. The monoisotopic (exact) mass is 304 g/mol. The van der Waals surface area contributed by atoms with Gasteiger partial charge in [-0.1, -0.05) is 18.2 Å². The molecular weight excluding hydrogens is 287 g/mol. The summed E-state index contributed by atoms with van der Waals surface area (Å²) in [5.74, 6) is 0.0843. The van der Waals surface area contributed by atoms with Gasteiger partial charge in [-0.25, -0.2) is 4.39 Å². The summed E-state index contributed by atoms with van der Waals surface area (Å²) in [6.45, 7) is 0.639. The molecule has 1 N–H and O–H groups in total. The average Bonchev–Trinajstić information content (AvgIpc) is 2.52. The van der Waals surface area contributed by atoms with E-state index in [0.717, 1.165) is 5.56 Å². The van der Waals surface area contributed by atoms with E-state index >= 15 is 0 Å². The van der Waals surface area contributed by atoms with Crippen molar-refractivity contribution in [1.29, 1.82) is 0 Å². The molecule has 0 saturated carbocycles. The van der Waals surface area contributed by atoms with Gasteiger partial charge in [-0.15, -0.1) is 0 Å². The van der Waals surface area contributed by atoms with Gasteiger partial charge in [0.1, 0.15) is 30.5 Å². The van der Waals surface area contributed by atoms with Gasteiger partial charge in [-0.2, -0.15) is 0 Å². The molecule has 0 radical (unpaired) electrons. The number of carbonyl (C=O) groups is 1. The van der Waals surface area contributed by atoms with E-state index in [1.54, 1.807) is 18.2 Å². The van der Waals surface area contributed by atoms with Crippen molar-refractivity contribution in [3.8, 4) is 11.5 Å². The zero-order valence-electron chi connectivity index (χ0n) is 12.0. The van der Waals surface area contributed by atoms with Crippen LogP contribution in [0, 0.1) is 5.82 Å². The molecule has 2 aromatic carbocycles. The number of hydrogen-bond donors (Lipinski definition) is 1. The number of rotatable bonds is 8. The molecule has 2 aromatic rings. The van der Waals surface area contributed by atoms with E-state index in [9.17, 15) is 9.18 Å². The number of aliphatic carboxylic acids is 1. The van der Waals surface area contributed by atoms with E-state index in [0.29, 0.717) is 31.1 Å². The van der Waals surface area contributed by atoms with Crippen molar-refractivity contribution in [2.75, 3.05) is 13.2 Å². The first-order valence-electron chi connectivity index (χ1n) is 6.96. The highest BCUT2D eigenvalue weighted by Crippen LogP contribution is 2.19. The maximum Gasteiger partial charge on any atom is 0.303 e. The first-order valence-corrected chi connectivity index (χ1v) is 6.96. The van der Waals surface area contributed by atoms with Crippen LogP contribution in [-0.4, -0.2) is 24.3 Å². The molecule has 22 heavy (non-hydrogen) atoms. The third-order valence-corrected chi connectivity index (χ3v) is 3.00. The van der Waals surface area contributed by atoms with Gasteiger partial charge in [0.2, 0.25) is 0 Å². The Balaban J connectivity index is 1.81. The van der Waals surface area contributed by atoms with Gasteiger partial charge in [0.15, 0.2) is 0 Å². The molecule has 4 nitrogen and oxygen atoms in total. The zero-order chi connectivity index (χ0) is 15.8. The van der Waals surface area contributed by atoms with Crippen LogP contribution >= 0.6 is 0 Å². The molecule has 0 aliphatic heterocycles. The average molecular weight is 304 g/mol. The molecule has 5 heteroatoms. The van der Waals surface area contributed by atoms with Gasteiger partial charge in [-0.3, -0.25) is 4.79 Å². The summed E-state index contributed by atoms with van der Waals surface area (Å²) in [4.78, 5) is 10.6. The van der Waals surface area contributed by atoms with E-state index in [1.165, 1.54) is 12.1 Å². The maximum absolute atomic E-state index is 12.7. The minimum atomic E-state index is -0.838. The normalized spacial score (nSPS) is 10.2. The lowest BCUT2D eigenvalue weighted by Crippen LogP contribution is -2.10. The van der Waals surface area contributed by atoms with Crippen LogP contribution in [0.15, 0.2) is 48.5 Å². The summed E-state index contributed by atoms with van der Waals surface area (Å²) in [7, 11) is 0. The van der Waals surface area contributed by atoms with Crippen LogP contribution in [0.2, 0.25) is 0 Å². The predicted octanol–water partition coefficient (Wildman–Crippen LogP) is 3.30. The molecule has 0 bridgehead atoms. The Kier molecular flexibility index (Phi) is 5.77. The number of halogens is 1. The van der Waals surface area contributed by atoms with Gasteiger partial charge in [-0.05, 0) is 42.3 Å². The summed E-state index contributed by atoms with van der Waals surface area (Å²) in [5, 5.41) is 8.74. The van der Waals surface area contributed by atoms with Crippen LogP contribution in [0.1, 0.15) is 12.0 Å². The fourth-order valence-corrected chi connectivity index (χ4v) is 1.93. The standard InChI is InChI=1S/C17H17FO4/c18-14-6-8-15(9-7-14)21-11-12-22-16-4-2-1-3-13(16)5-10-17(19)20/h1-4,6-9H,5,10-12H2,(H,19,20). The quantitative estimate of drug-likeness (QED) is 0.760. The van der Waals surface area contributed by atoms with Crippen molar-refractivity contribution < 1.29 is 23.8 Å². The number of ether oxygens (including phenoxy) is 2. The molecule has 0 aliphatic carbocycles. The van der Waals surface area contributed by atoms with Crippen molar-refractivity contribution >= 4 is 5.97 Å². The number of hydrogen-bond acceptors (Lipinski definition) is 3. The van der Waals surface area contributed by atoms with Gasteiger partial charge >= 0.3 is 5.97 Å². The van der Waals surface area contributed by atoms with Crippen LogP contribution in [0.4, 0.5) is 4.39 Å². The summed E-state index contributed by atoms with van der Waals surface area (Å²) in [5.41, 5.74) is 0.853. The molecule has 0 heterocycles. The van der Waals surface area contributed by atoms with Crippen molar-refractivity contribution in [2.24, 2.45) is 0 Å². The Hall–Kier alpha value is -2.56. The number of aryl methyl sites for hydroxylation is 1. The van der Waals surface area contributed by atoms with E-state index in [2.05, 4.69) is 0 Å². The first-order chi connectivity index (χ1) is 10.6. The molecule has 2 rings (SSSR count). The minimum absolute atomic E-state index is 0.0620. The lowest BCUT2D eigenvalue weighted by Gasteiger charge is -2.11. The minimum Gasteiger partial charge on any atom is -0.490 e. The lowest BCUT2D eigenvalue weighted by molar-refractivity contribution is -0.136. The maximum atomic E-state index is 12.7. The molecule has 0 spiro atoms. The van der Waals surface area contributed by atoms with E-state index < -0.39 is 5.97 Å². The van der Waals surface area contributed by atoms with Crippen LogP contribution in [-0.2, 0) is 11.2 Å². The van der Waals surface area contributed by atoms with Gasteiger partial charge in [0, 0.05) is 6.42 Å². The molecule has 0 aliphatic rings. The fourth-order valence-electron chi connectivity index (χ4n) is 1.93. The van der Waals surface area contributed by atoms with Gasteiger partial charge in [0.05, 0.1) is 0 Å². The summed E-state index contributed by atoms with van der Waals surface area (Å²) >= 11 is 0. The van der Waals surface area contributed by atoms with Crippen LogP contribution in [0.25, 0.3) is 0 Å². The van der Waals surface area contributed by atoms with Gasteiger partial charge < -0.3 is 14.6 Å². The third-order valence-electron chi connectivity index (χ3n) is 3.00. The number of carboxylic acids is 1. The summed E-state index contributed by atoms with van der Waals surface area (Å²) in [6, 6.07) is 13.1. The van der Waals surface area contributed by atoms with Crippen molar-refractivity contribution in [3.63, 3.8) is 0 Å². The molecule has 0 atom stereocenters. The van der Waals surface area contributed by atoms with Crippen molar-refractivity contribution in [2.45, 2.75) is 12.8 Å². The van der Waals surface area contributed by atoms with Crippen molar-refractivity contribution in [3.05, 3.63) is 59.9 Å². The van der Waals surface area contributed by atoms with Gasteiger partial charge in [0.25, 0.3) is 0 Å². The van der Waals surface area contributed by atoms with Crippen molar-refractivity contribution in [1.82, 2.24) is 0 Å². The summed E-state index contributed by atoms with van der Waals surface area (Å²) in [6.07, 6.45) is 0.483. The highest BCUT2D eigenvalue weighted by Gasteiger charge is 2.05. The van der Waals surface area contributed by atoms with Crippen LogP contribution < -0.4 is 9.47 Å². The molecular formula is C17H17FO4. The molecule has 0 aromatic heterocycles. The molecule has 0 unspecified atom stereocenters. The SMILES string of the molecule is O=C(O)CCc1ccccc1OCCOc1ccc(F)cc1. The number of carboxylic acid groups (broad SMARTS) is 1. The predicted molar refractivity (Wildman–Crippen MR) is 79.8 cm³/mol. The Bertz CT molecular complexity index is 610. The van der Waals surface area contributed by atoms with Crippen LogP contribution in [0.3, 0.4) is 0 Å². The topological polar surface area (TPSA) is 55.8 Å². The Morgan fingerprint density at radius 2 is 1.68 bits per heavy atom. The van der Waals surface area contributed by atoms with Crippen LogP contribution in [0.5, 0.6) is 11.5 Å². The molecule has 0 saturated heterocycles. The Morgan fingerprint density at radius 3 is 2.41 bits per heavy atom. The smallest absolute Gasteiger partial charge is 0.303 e. The first kappa shape index (κ1) is 15.8. The highest BCUT2D eigenvalue weighted by atomic mass is 19.1. The lowest BCUT2D eigenvalue weighted by atomic mass is 10.1. The van der Waals surface area contributed by atoms with E-state index in [-0.39, 0.29) is 12.2 Å². The largest absolute Gasteiger partial charge is 0.490 e. The van der Waals surface area contributed by atoms with E-state index in [4.69, 9.17) is 14.6 Å². The third kappa shape index (κ3) is 5.09.